The second kappa shape index (κ2) is 6.21. The average Bonchev–Trinajstić information content (AvgIpc) is 2.94. The highest BCUT2D eigenvalue weighted by atomic mass is 16.5. The van der Waals surface area contributed by atoms with E-state index in [2.05, 4.69) is 5.32 Å². The van der Waals surface area contributed by atoms with E-state index in [-0.39, 0.29) is 12.1 Å². The molecule has 4 heteroatoms. The summed E-state index contributed by atoms with van der Waals surface area (Å²) in [6.07, 6.45) is 3.53. The maximum atomic E-state index is 11.3. The summed E-state index contributed by atoms with van der Waals surface area (Å²) in [5, 5.41) is 3.17. The molecule has 0 radical (unpaired) electrons. The minimum atomic E-state index is -0.169. The van der Waals surface area contributed by atoms with E-state index in [0.29, 0.717) is 12.0 Å². The van der Waals surface area contributed by atoms with Crippen LogP contribution in [-0.4, -0.2) is 38.9 Å². The lowest BCUT2D eigenvalue weighted by molar-refractivity contribution is -0.146. The summed E-state index contributed by atoms with van der Waals surface area (Å²) in [4.78, 5) is 11.3. The monoisotopic (exact) mass is 229 g/mol. The Labute approximate surface area is 97.7 Å². The van der Waals surface area contributed by atoms with Crippen LogP contribution in [-0.2, 0) is 14.3 Å². The summed E-state index contributed by atoms with van der Waals surface area (Å²) in [5.74, 6) is -0.169. The van der Waals surface area contributed by atoms with Gasteiger partial charge in [0.05, 0.1) is 12.6 Å². The molecule has 94 valence electrons. The molecule has 1 aliphatic rings. The van der Waals surface area contributed by atoms with Crippen LogP contribution in [0.5, 0.6) is 0 Å². The van der Waals surface area contributed by atoms with Crippen LogP contribution in [0.25, 0.3) is 0 Å². The molecule has 0 spiro atoms. The smallest absolute Gasteiger partial charge is 0.320 e. The summed E-state index contributed by atoms with van der Waals surface area (Å²) < 4.78 is 10.1. The maximum absolute atomic E-state index is 11.3. The first-order chi connectivity index (χ1) is 7.58. The van der Waals surface area contributed by atoms with E-state index in [0.717, 1.165) is 19.6 Å². The molecule has 0 atom stereocenters. The molecule has 0 aromatic heterocycles. The van der Waals surface area contributed by atoms with Gasteiger partial charge in [0.2, 0.25) is 0 Å². The zero-order chi connectivity index (χ0) is 12.0. The third kappa shape index (κ3) is 4.94. The molecule has 0 unspecified atom stereocenters. The highest BCUT2D eigenvalue weighted by Crippen LogP contribution is 2.48. The Morgan fingerprint density at radius 1 is 1.44 bits per heavy atom. The SMILES string of the molecule is COCCC1(CNCC(=O)OC(C)C)CC1. The van der Waals surface area contributed by atoms with E-state index in [1.54, 1.807) is 7.11 Å². The van der Waals surface area contributed by atoms with Gasteiger partial charge in [0.25, 0.3) is 0 Å². The highest BCUT2D eigenvalue weighted by molar-refractivity contribution is 5.71. The quantitative estimate of drug-likeness (QED) is 0.638. The summed E-state index contributed by atoms with van der Waals surface area (Å²) in [6, 6.07) is 0. The number of methoxy groups -OCH3 is 1. The van der Waals surface area contributed by atoms with Crippen molar-refractivity contribution >= 4 is 5.97 Å². The van der Waals surface area contributed by atoms with Crippen LogP contribution in [0, 0.1) is 5.41 Å². The molecule has 0 aromatic rings. The van der Waals surface area contributed by atoms with Crippen molar-refractivity contribution in [3.8, 4) is 0 Å². The van der Waals surface area contributed by atoms with Crippen LogP contribution in [0.1, 0.15) is 33.1 Å². The van der Waals surface area contributed by atoms with Gasteiger partial charge in [-0.25, -0.2) is 0 Å². The largest absolute Gasteiger partial charge is 0.462 e. The van der Waals surface area contributed by atoms with Crippen molar-refractivity contribution in [2.45, 2.75) is 39.2 Å². The van der Waals surface area contributed by atoms with Gasteiger partial charge in [-0.3, -0.25) is 4.79 Å². The maximum Gasteiger partial charge on any atom is 0.320 e. The third-order valence-corrected chi connectivity index (χ3v) is 2.93. The Kier molecular flexibility index (Phi) is 5.22. The Bertz CT molecular complexity index is 224. The molecule has 0 saturated heterocycles. The average molecular weight is 229 g/mol. The fourth-order valence-electron chi connectivity index (χ4n) is 1.74. The minimum Gasteiger partial charge on any atom is -0.462 e. The van der Waals surface area contributed by atoms with E-state index in [4.69, 9.17) is 9.47 Å². The van der Waals surface area contributed by atoms with Gasteiger partial charge in [-0.2, -0.15) is 0 Å². The van der Waals surface area contributed by atoms with E-state index in [1.165, 1.54) is 12.8 Å². The predicted molar refractivity (Wildman–Crippen MR) is 62.3 cm³/mol. The Morgan fingerprint density at radius 3 is 2.62 bits per heavy atom. The second-order valence-corrected chi connectivity index (χ2v) is 4.88. The molecule has 1 N–H and O–H groups in total. The van der Waals surface area contributed by atoms with Gasteiger partial charge in [0.1, 0.15) is 0 Å². The fraction of sp³-hybridized carbons (Fsp3) is 0.917. The van der Waals surface area contributed by atoms with Crippen LogP contribution in [0.3, 0.4) is 0 Å². The van der Waals surface area contributed by atoms with Gasteiger partial charge in [-0.15, -0.1) is 0 Å². The molecule has 1 rings (SSSR count). The third-order valence-electron chi connectivity index (χ3n) is 2.93. The molecular weight excluding hydrogens is 206 g/mol. The molecule has 16 heavy (non-hydrogen) atoms. The van der Waals surface area contributed by atoms with Gasteiger partial charge in [-0.1, -0.05) is 0 Å². The predicted octanol–water partition coefficient (Wildman–Crippen LogP) is 1.34. The van der Waals surface area contributed by atoms with Crippen LogP contribution in [0.2, 0.25) is 0 Å². The Balaban J connectivity index is 2.08. The molecular formula is C12H23NO3. The number of esters is 1. The van der Waals surface area contributed by atoms with E-state index in [9.17, 15) is 4.79 Å². The van der Waals surface area contributed by atoms with Gasteiger partial charge < -0.3 is 14.8 Å². The number of carbonyl (C=O) groups excluding carboxylic acids is 1. The topological polar surface area (TPSA) is 47.6 Å². The van der Waals surface area contributed by atoms with Crippen molar-refractivity contribution in [2.75, 3.05) is 26.8 Å². The highest BCUT2D eigenvalue weighted by Gasteiger charge is 2.41. The summed E-state index contributed by atoms with van der Waals surface area (Å²) in [5.41, 5.74) is 0.383. The minimum absolute atomic E-state index is 0.0299. The van der Waals surface area contributed by atoms with Crippen molar-refractivity contribution < 1.29 is 14.3 Å². The van der Waals surface area contributed by atoms with E-state index in [1.807, 2.05) is 13.8 Å². The van der Waals surface area contributed by atoms with Gasteiger partial charge in [-0.05, 0) is 38.5 Å². The summed E-state index contributed by atoms with van der Waals surface area (Å²) in [7, 11) is 1.73. The molecule has 0 aromatic carbocycles. The molecule has 1 saturated carbocycles. The zero-order valence-electron chi connectivity index (χ0n) is 10.5. The van der Waals surface area contributed by atoms with Crippen molar-refractivity contribution in [1.29, 1.82) is 0 Å². The standard InChI is InChI=1S/C12H23NO3/c1-10(2)16-11(14)8-13-9-12(4-5-12)6-7-15-3/h10,13H,4-9H2,1-3H3. The van der Waals surface area contributed by atoms with Gasteiger partial charge >= 0.3 is 5.97 Å². The first-order valence-electron chi connectivity index (χ1n) is 5.97. The normalized spacial score (nSPS) is 17.5. The van der Waals surface area contributed by atoms with E-state index < -0.39 is 0 Å². The summed E-state index contributed by atoms with van der Waals surface area (Å²) >= 11 is 0. The number of hydrogen-bond donors (Lipinski definition) is 1. The van der Waals surface area contributed by atoms with Gasteiger partial charge in [0, 0.05) is 20.3 Å². The number of hydrogen-bond acceptors (Lipinski definition) is 4. The second-order valence-electron chi connectivity index (χ2n) is 4.88. The zero-order valence-corrected chi connectivity index (χ0v) is 10.5. The summed E-state index contributed by atoms with van der Waals surface area (Å²) in [6.45, 7) is 5.73. The molecule has 0 heterocycles. The number of ether oxygens (including phenoxy) is 2. The Morgan fingerprint density at radius 2 is 2.12 bits per heavy atom. The lowest BCUT2D eigenvalue weighted by Crippen LogP contribution is -2.31. The van der Waals surface area contributed by atoms with Crippen molar-refractivity contribution in [1.82, 2.24) is 5.32 Å². The van der Waals surface area contributed by atoms with Crippen LogP contribution in [0.15, 0.2) is 0 Å². The van der Waals surface area contributed by atoms with Crippen LogP contribution in [0.4, 0.5) is 0 Å². The lowest BCUT2D eigenvalue weighted by atomic mass is 10.0. The molecule has 0 aliphatic heterocycles. The number of nitrogens with one attached hydrogen (secondary N) is 1. The molecule has 1 fully saturated rings. The van der Waals surface area contributed by atoms with Crippen LogP contribution < -0.4 is 5.32 Å². The van der Waals surface area contributed by atoms with Crippen molar-refractivity contribution in [3.05, 3.63) is 0 Å². The van der Waals surface area contributed by atoms with Crippen molar-refractivity contribution in [3.63, 3.8) is 0 Å². The molecule has 0 bridgehead atoms. The number of rotatable bonds is 8. The lowest BCUT2D eigenvalue weighted by Gasteiger charge is -2.15. The van der Waals surface area contributed by atoms with E-state index >= 15 is 0 Å². The van der Waals surface area contributed by atoms with Crippen LogP contribution >= 0.6 is 0 Å². The molecule has 1 aliphatic carbocycles. The Hall–Kier alpha value is -0.610. The van der Waals surface area contributed by atoms with Gasteiger partial charge in [0.15, 0.2) is 0 Å². The first kappa shape index (κ1) is 13.5. The number of carbonyl (C=O) groups is 1. The molecule has 0 amide bonds. The fourth-order valence-corrected chi connectivity index (χ4v) is 1.74. The molecule has 4 nitrogen and oxygen atoms in total. The van der Waals surface area contributed by atoms with Crippen molar-refractivity contribution in [2.24, 2.45) is 5.41 Å². The first-order valence-corrected chi connectivity index (χ1v) is 5.97.